The molecule has 0 bridgehead atoms. The molecule has 0 unspecified atom stereocenters. The summed E-state index contributed by atoms with van der Waals surface area (Å²) in [4.78, 5) is 17.1. The molecule has 0 aliphatic heterocycles. The van der Waals surface area contributed by atoms with E-state index >= 15 is 0 Å². The lowest BCUT2D eigenvalue weighted by Gasteiger charge is -2.40. The fraction of sp³-hybridized carbons (Fsp3) is 0.481. The fourth-order valence-corrected chi connectivity index (χ4v) is 5.59. The van der Waals surface area contributed by atoms with Crippen LogP contribution < -0.4 is 15.4 Å². The van der Waals surface area contributed by atoms with E-state index < -0.39 is 6.36 Å². The normalized spacial score (nSPS) is 21.8. The number of alkyl halides is 3. The van der Waals surface area contributed by atoms with Crippen LogP contribution in [0.4, 0.5) is 30.5 Å². The molecule has 9 heteroatoms. The number of nitrogens with one attached hydrogen (secondary N) is 2. The predicted molar refractivity (Wildman–Crippen MR) is 133 cm³/mol. The maximum atomic E-state index is 12.5. The van der Waals surface area contributed by atoms with Crippen LogP contribution in [-0.2, 0) is 4.79 Å². The number of rotatable bonds is 6. The van der Waals surface area contributed by atoms with E-state index in [0.717, 1.165) is 43.1 Å². The molecule has 2 N–H and O–H groups in total. The highest BCUT2D eigenvalue weighted by Crippen LogP contribution is 2.46. The number of benzene rings is 2. The molecule has 192 valence electrons. The Balaban J connectivity index is 1.49. The van der Waals surface area contributed by atoms with Gasteiger partial charge in [-0.1, -0.05) is 20.8 Å². The second-order valence-corrected chi connectivity index (χ2v) is 11.0. The standard InChI is InChI=1S/C27H31F3N4O2/c1-16-12-20(15-26(2,3)14-16)34-23-11-8-19(31-24(35)17-4-5-17)13-22(23)33-25(34)32-18-6-9-21(10-7-18)36-27(28,29)30/h6-11,13,16-17,20H,4-5,12,14-15H2,1-3H3,(H,31,35)(H,32,33)/t16-,20-/m0/s1. The number of hydrogen-bond donors (Lipinski definition) is 2. The third-order valence-corrected chi connectivity index (χ3v) is 6.98. The second-order valence-electron chi connectivity index (χ2n) is 11.0. The average Bonchev–Trinajstić information content (AvgIpc) is 3.54. The zero-order valence-electron chi connectivity index (χ0n) is 20.7. The monoisotopic (exact) mass is 500 g/mol. The third kappa shape index (κ3) is 5.60. The van der Waals surface area contributed by atoms with Crippen molar-refractivity contribution in [3.63, 3.8) is 0 Å². The first kappa shape index (κ1) is 24.5. The number of ether oxygens (including phenoxy) is 1. The summed E-state index contributed by atoms with van der Waals surface area (Å²) in [7, 11) is 0. The van der Waals surface area contributed by atoms with Crippen molar-refractivity contribution in [3.8, 4) is 5.75 Å². The molecule has 2 fully saturated rings. The zero-order valence-corrected chi connectivity index (χ0v) is 20.7. The fourth-order valence-electron chi connectivity index (χ4n) is 5.59. The maximum absolute atomic E-state index is 12.5. The molecule has 1 heterocycles. The van der Waals surface area contributed by atoms with Crippen molar-refractivity contribution in [2.45, 2.75) is 65.3 Å². The number of aromatic nitrogens is 2. The molecule has 2 saturated carbocycles. The lowest BCUT2D eigenvalue weighted by atomic mass is 9.70. The van der Waals surface area contributed by atoms with E-state index in [4.69, 9.17) is 4.98 Å². The highest BCUT2D eigenvalue weighted by molar-refractivity contribution is 5.96. The van der Waals surface area contributed by atoms with Crippen molar-refractivity contribution in [1.29, 1.82) is 0 Å². The van der Waals surface area contributed by atoms with Gasteiger partial charge in [0.1, 0.15) is 5.75 Å². The van der Waals surface area contributed by atoms with Gasteiger partial charge in [0.2, 0.25) is 11.9 Å². The molecule has 2 aliphatic carbocycles. The number of nitrogens with zero attached hydrogens (tertiary/aromatic N) is 2. The Bertz CT molecular complexity index is 1260. The number of imidazole rings is 1. The summed E-state index contributed by atoms with van der Waals surface area (Å²) in [6, 6.07) is 11.6. The molecule has 3 aromatic rings. The van der Waals surface area contributed by atoms with Crippen LogP contribution in [-0.4, -0.2) is 21.8 Å². The van der Waals surface area contributed by atoms with Crippen molar-refractivity contribution < 1.29 is 22.7 Å². The largest absolute Gasteiger partial charge is 0.573 e. The van der Waals surface area contributed by atoms with Crippen LogP contribution in [0.3, 0.4) is 0 Å². The van der Waals surface area contributed by atoms with E-state index in [-0.39, 0.29) is 29.0 Å². The van der Waals surface area contributed by atoms with E-state index in [2.05, 4.69) is 40.7 Å². The van der Waals surface area contributed by atoms with Gasteiger partial charge in [-0.2, -0.15) is 0 Å². The number of hydrogen-bond acceptors (Lipinski definition) is 4. The van der Waals surface area contributed by atoms with Crippen LogP contribution in [0.25, 0.3) is 11.0 Å². The highest BCUT2D eigenvalue weighted by atomic mass is 19.4. The SMILES string of the molecule is C[C@H]1C[C@H](n2c(Nc3ccc(OC(F)(F)F)cc3)nc3cc(NC(=O)C4CC4)ccc32)CC(C)(C)C1. The van der Waals surface area contributed by atoms with E-state index in [1.165, 1.54) is 12.1 Å². The molecule has 2 aromatic carbocycles. The Labute approximate surface area is 208 Å². The Hall–Kier alpha value is -3.23. The molecule has 0 spiro atoms. The molecular weight excluding hydrogens is 469 g/mol. The molecule has 6 nitrogen and oxygen atoms in total. The van der Waals surface area contributed by atoms with E-state index in [9.17, 15) is 18.0 Å². The Morgan fingerprint density at radius 2 is 1.78 bits per heavy atom. The van der Waals surface area contributed by atoms with Gasteiger partial charge in [-0.15, -0.1) is 13.2 Å². The third-order valence-electron chi connectivity index (χ3n) is 6.98. The number of fused-ring (bicyclic) bond motifs is 1. The molecular formula is C27H31F3N4O2. The maximum Gasteiger partial charge on any atom is 0.573 e. The molecule has 0 radical (unpaired) electrons. The van der Waals surface area contributed by atoms with Crippen LogP contribution in [0, 0.1) is 17.3 Å². The van der Waals surface area contributed by atoms with Crippen LogP contribution in [0.5, 0.6) is 5.75 Å². The van der Waals surface area contributed by atoms with Gasteiger partial charge in [0.15, 0.2) is 0 Å². The lowest BCUT2D eigenvalue weighted by Crippen LogP contribution is -2.29. The zero-order chi connectivity index (χ0) is 25.7. The van der Waals surface area contributed by atoms with Crippen LogP contribution in [0.1, 0.15) is 58.9 Å². The minimum atomic E-state index is -4.74. The summed E-state index contributed by atoms with van der Waals surface area (Å²) < 4.78 is 43.8. The Kier molecular flexibility index (Phi) is 6.12. The van der Waals surface area contributed by atoms with Gasteiger partial charge in [-0.3, -0.25) is 4.79 Å². The number of anilines is 3. The molecule has 5 rings (SSSR count). The van der Waals surface area contributed by atoms with Crippen molar-refractivity contribution in [3.05, 3.63) is 42.5 Å². The van der Waals surface area contributed by atoms with Gasteiger partial charge in [0.05, 0.1) is 11.0 Å². The van der Waals surface area contributed by atoms with Gasteiger partial charge in [0.25, 0.3) is 0 Å². The van der Waals surface area contributed by atoms with Crippen LogP contribution >= 0.6 is 0 Å². The van der Waals surface area contributed by atoms with Crippen LogP contribution in [0.15, 0.2) is 42.5 Å². The molecule has 1 amide bonds. The van der Waals surface area contributed by atoms with E-state index in [1.807, 2.05) is 18.2 Å². The van der Waals surface area contributed by atoms with Gasteiger partial charge in [-0.25, -0.2) is 4.98 Å². The topological polar surface area (TPSA) is 68.2 Å². The van der Waals surface area contributed by atoms with Gasteiger partial charge < -0.3 is 19.9 Å². The molecule has 0 saturated heterocycles. The van der Waals surface area contributed by atoms with Gasteiger partial charge in [-0.05, 0) is 85.9 Å². The molecule has 2 atom stereocenters. The van der Waals surface area contributed by atoms with Crippen LogP contribution in [0.2, 0.25) is 0 Å². The summed E-state index contributed by atoms with van der Waals surface area (Å²) >= 11 is 0. The summed E-state index contributed by atoms with van der Waals surface area (Å²) in [5.41, 5.74) is 3.19. The predicted octanol–water partition coefficient (Wildman–Crippen LogP) is 7.41. The molecule has 2 aliphatic rings. The summed E-state index contributed by atoms with van der Waals surface area (Å²) in [6.07, 6.45) is 0.257. The second kappa shape index (κ2) is 9.01. The average molecular weight is 501 g/mol. The number of carbonyl (C=O) groups excluding carboxylic acids is 1. The summed E-state index contributed by atoms with van der Waals surface area (Å²) in [5.74, 6) is 1.03. The smallest absolute Gasteiger partial charge is 0.406 e. The van der Waals surface area contributed by atoms with Gasteiger partial charge >= 0.3 is 6.36 Å². The van der Waals surface area contributed by atoms with Crippen molar-refractivity contribution >= 4 is 34.3 Å². The molecule has 1 aromatic heterocycles. The summed E-state index contributed by atoms with van der Waals surface area (Å²) in [6.45, 7) is 6.84. The minimum Gasteiger partial charge on any atom is -0.406 e. The Morgan fingerprint density at radius 1 is 1.08 bits per heavy atom. The Morgan fingerprint density at radius 3 is 2.42 bits per heavy atom. The highest BCUT2D eigenvalue weighted by Gasteiger charge is 2.35. The van der Waals surface area contributed by atoms with E-state index in [0.29, 0.717) is 23.2 Å². The lowest BCUT2D eigenvalue weighted by molar-refractivity contribution is -0.274. The summed E-state index contributed by atoms with van der Waals surface area (Å²) in [5, 5.41) is 6.29. The first-order chi connectivity index (χ1) is 17.0. The van der Waals surface area contributed by atoms with Crippen molar-refractivity contribution in [1.82, 2.24) is 9.55 Å². The van der Waals surface area contributed by atoms with Gasteiger partial charge in [0, 0.05) is 23.3 Å². The first-order valence-electron chi connectivity index (χ1n) is 12.4. The minimum absolute atomic E-state index is 0.0381. The molecule has 36 heavy (non-hydrogen) atoms. The number of amides is 1. The van der Waals surface area contributed by atoms with E-state index in [1.54, 1.807) is 12.1 Å². The first-order valence-corrected chi connectivity index (χ1v) is 12.4. The van der Waals surface area contributed by atoms with Crippen molar-refractivity contribution in [2.24, 2.45) is 17.3 Å². The van der Waals surface area contributed by atoms with Crippen molar-refractivity contribution in [2.75, 3.05) is 10.6 Å². The number of halogens is 3. The quantitative estimate of drug-likeness (QED) is 0.370. The number of carbonyl (C=O) groups is 1.